The summed E-state index contributed by atoms with van der Waals surface area (Å²) in [4.78, 5) is 57.9. The van der Waals surface area contributed by atoms with Crippen LogP contribution in [0.5, 0.6) is 17.2 Å². The number of ether oxygens (including phenoxy) is 4. The van der Waals surface area contributed by atoms with Gasteiger partial charge in [-0.1, -0.05) is 328 Å². The predicted molar refractivity (Wildman–Crippen MR) is 391 cm³/mol. The summed E-state index contributed by atoms with van der Waals surface area (Å²) in [6.07, 6.45) is 55.8. The molecule has 1 aromatic heterocycles. The van der Waals surface area contributed by atoms with Gasteiger partial charge in [0.25, 0.3) is 5.91 Å². The van der Waals surface area contributed by atoms with Gasteiger partial charge < -0.3 is 44.7 Å². The van der Waals surface area contributed by atoms with Crippen molar-refractivity contribution in [3.63, 3.8) is 0 Å². The first-order chi connectivity index (χ1) is 46.9. The van der Waals surface area contributed by atoms with Gasteiger partial charge in [-0.3, -0.25) is 19.0 Å². The molecule has 2 aromatic carbocycles. The van der Waals surface area contributed by atoms with Gasteiger partial charge in [-0.15, -0.1) is 0 Å². The average Bonchev–Trinajstić information content (AvgIpc) is 1.49. The van der Waals surface area contributed by atoms with E-state index >= 15 is 0 Å². The fourth-order valence-corrected chi connectivity index (χ4v) is 14.0. The lowest BCUT2D eigenvalue weighted by Gasteiger charge is -2.43. The Morgan fingerprint density at radius 1 is 0.531 bits per heavy atom. The van der Waals surface area contributed by atoms with Gasteiger partial charge in [0.1, 0.15) is 29.2 Å². The number of hydrogen-bond donors (Lipinski definition) is 5. The molecule has 15 heteroatoms. The maximum Gasteiger partial charge on any atom is 0.351 e. The molecule has 3 aromatic rings. The summed E-state index contributed by atoms with van der Waals surface area (Å²) in [6, 6.07) is 13.2. The molecule has 0 aliphatic carbocycles. The first kappa shape index (κ1) is 83.4. The molecule has 1 aliphatic rings. The van der Waals surface area contributed by atoms with Gasteiger partial charge in [-0.25, -0.2) is 4.79 Å². The second-order valence-corrected chi connectivity index (χ2v) is 28.2. The minimum Gasteiger partial charge on any atom is -0.490 e. The van der Waals surface area contributed by atoms with Crippen LogP contribution in [0, 0.1) is 5.41 Å². The Morgan fingerprint density at radius 3 is 1.22 bits per heavy atom. The monoisotopic (exact) mass is 1340 g/mol. The van der Waals surface area contributed by atoms with Gasteiger partial charge in [0, 0.05) is 18.2 Å². The Bertz CT molecular complexity index is 2470. The first-order valence-corrected chi connectivity index (χ1v) is 39.4. The summed E-state index contributed by atoms with van der Waals surface area (Å²) >= 11 is 0. The number of aromatic nitrogens is 2. The van der Waals surface area contributed by atoms with Crippen LogP contribution in [0.15, 0.2) is 59.5 Å². The van der Waals surface area contributed by atoms with Gasteiger partial charge in [0.15, 0.2) is 11.5 Å². The highest BCUT2D eigenvalue weighted by atomic mass is 16.6. The molecule has 96 heavy (non-hydrogen) atoms. The Morgan fingerprint density at radius 2 is 0.885 bits per heavy atom. The highest BCUT2D eigenvalue weighted by Gasteiger charge is 2.65. The van der Waals surface area contributed by atoms with E-state index in [0.717, 1.165) is 75.2 Å². The van der Waals surface area contributed by atoms with Crippen LogP contribution in [0.25, 0.3) is 0 Å². The third-order valence-corrected chi connectivity index (χ3v) is 20.0. The number of aliphatic hydroxyl groups is 2. The van der Waals surface area contributed by atoms with E-state index in [-0.39, 0.29) is 5.82 Å². The molecule has 4 rings (SSSR count). The van der Waals surface area contributed by atoms with Gasteiger partial charge in [0.05, 0.1) is 32.8 Å². The number of aliphatic hydroxyl groups excluding tert-OH is 1. The van der Waals surface area contributed by atoms with Crippen molar-refractivity contribution in [2.75, 3.05) is 31.7 Å². The summed E-state index contributed by atoms with van der Waals surface area (Å²) in [5.41, 5.74) is -5.32. The molecule has 2 heterocycles. The second-order valence-electron chi connectivity index (χ2n) is 28.2. The zero-order chi connectivity index (χ0) is 69.0. The summed E-state index contributed by atoms with van der Waals surface area (Å²) < 4.78 is 27.3. The van der Waals surface area contributed by atoms with E-state index in [4.69, 9.17) is 18.9 Å². The van der Waals surface area contributed by atoms with Crippen LogP contribution in [-0.2, 0) is 20.7 Å². The molecule has 0 saturated carbocycles. The maximum atomic E-state index is 14.1. The Labute approximate surface area is 581 Å². The number of hydrogen-bond acceptors (Lipinski definition) is 11. The number of aliphatic carboxylic acids is 2. The summed E-state index contributed by atoms with van der Waals surface area (Å²) in [7, 11) is 0. The van der Waals surface area contributed by atoms with Gasteiger partial charge in [-0.05, 0) is 61.6 Å². The van der Waals surface area contributed by atoms with E-state index in [0.29, 0.717) is 48.2 Å². The molecule has 1 saturated heterocycles. The van der Waals surface area contributed by atoms with Crippen LogP contribution < -0.4 is 25.2 Å². The van der Waals surface area contributed by atoms with Crippen LogP contribution in [0.1, 0.15) is 364 Å². The topological polar surface area (TPSA) is 216 Å². The molecule has 1 unspecified atom stereocenters. The minimum absolute atomic E-state index is 0.0547. The lowest BCUT2D eigenvalue weighted by Crippen LogP contribution is -2.60. The van der Waals surface area contributed by atoms with E-state index in [2.05, 4.69) is 31.1 Å². The highest BCUT2D eigenvalue weighted by Crippen LogP contribution is 2.52. The lowest BCUT2D eigenvalue weighted by atomic mass is 9.63. The predicted octanol–water partition coefficient (Wildman–Crippen LogP) is 21.2. The molecule has 0 bridgehead atoms. The van der Waals surface area contributed by atoms with E-state index in [1.807, 2.05) is 0 Å². The molecule has 1 aliphatic heterocycles. The number of amides is 1. The second kappa shape index (κ2) is 53.0. The van der Waals surface area contributed by atoms with Gasteiger partial charge in [-0.2, -0.15) is 4.98 Å². The quantitative estimate of drug-likeness (QED) is 0.0333. The van der Waals surface area contributed by atoms with E-state index in [1.54, 1.807) is 42.5 Å². The van der Waals surface area contributed by atoms with E-state index < -0.39 is 72.8 Å². The SMILES string of the molecule is CCCCCCCCCCCCCCCCCCOc1cc(CC(CC(=O)O)(C(=O)O)[C@]2(O)C[C@H](n3ccc(NC(=O)c4ccccc4)nc3=O)O[C@@H]2CO)cc(OCCCCCCCCCCCCCCCCCC)c1OCCCCCCCCCCCCCCCCCC. The van der Waals surface area contributed by atoms with Gasteiger partial charge in [0.2, 0.25) is 5.75 Å². The molecule has 15 nitrogen and oxygen atoms in total. The van der Waals surface area contributed by atoms with Crippen LogP contribution in [-0.4, -0.2) is 86.0 Å². The highest BCUT2D eigenvalue weighted by molar-refractivity contribution is 6.03. The number of carboxylic acid groups (broad SMARTS) is 2. The molecule has 4 atom stereocenters. The molecular formula is C81H135N3O12. The Hall–Kier alpha value is -4.99. The van der Waals surface area contributed by atoms with Crippen molar-refractivity contribution in [2.24, 2.45) is 5.41 Å². The number of nitrogens with zero attached hydrogens (tertiary/aromatic N) is 2. The van der Waals surface area contributed by atoms with Crippen molar-refractivity contribution in [1.82, 2.24) is 9.55 Å². The summed E-state index contributed by atoms with van der Waals surface area (Å²) in [6.45, 7) is 7.03. The number of benzene rings is 2. The maximum absolute atomic E-state index is 14.1. The third kappa shape index (κ3) is 33.7. The van der Waals surface area contributed by atoms with Crippen molar-refractivity contribution < 1.29 is 53.8 Å². The number of carboxylic acids is 2. The van der Waals surface area contributed by atoms with Crippen LogP contribution in [0.3, 0.4) is 0 Å². The van der Waals surface area contributed by atoms with Crippen molar-refractivity contribution in [1.29, 1.82) is 0 Å². The minimum atomic E-state index is -2.57. The van der Waals surface area contributed by atoms with Crippen LogP contribution >= 0.6 is 0 Å². The summed E-state index contributed by atoms with van der Waals surface area (Å²) in [5, 5.41) is 48.6. The zero-order valence-corrected chi connectivity index (χ0v) is 60.7. The molecule has 1 amide bonds. The number of unbranched alkanes of at least 4 members (excludes halogenated alkanes) is 45. The van der Waals surface area contributed by atoms with Crippen LogP contribution in [0.2, 0.25) is 0 Å². The van der Waals surface area contributed by atoms with Gasteiger partial charge >= 0.3 is 17.6 Å². The number of carbonyl (C=O) groups is 3. The molecule has 1 fully saturated rings. The standard InChI is InChI=1S/C81H135N3O12/c1-4-7-10-13-16-19-22-25-28-31-34-37-40-43-46-52-59-93-70-62-68(64-80(78(89)90,66-75(86)87)81(92)65-74(96-72(81)67-85)84-58-57-73(83-79(84)91)82-77(88)69-55-50-49-51-56-69)63-71(94-60-53-47-44-41-38-35-32-29-26-23-20-17-14-11-8-5-2)76(70)95-61-54-48-45-42-39-36-33-30-27-24-21-18-15-12-9-6-3/h49-51,55-58,62-63,72,74,85,92H,4-48,52-54,59-61,64-67H2,1-3H3,(H,86,87)(H,89,90)(H,82,83,88,91)/t72-,74-,80?,81+/m1/s1. The summed E-state index contributed by atoms with van der Waals surface area (Å²) in [5.74, 6) is -2.56. The van der Waals surface area contributed by atoms with Crippen molar-refractivity contribution in [2.45, 2.75) is 366 Å². The number of nitrogens with one attached hydrogen (secondary N) is 1. The Kier molecular flexibility index (Phi) is 46.0. The van der Waals surface area contributed by atoms with Crippen LogP contribution in [0.4, 0.5) is 5.82 Å². The lowest BCUT2D eigenvalue weighted by molar-refractivity contribution is -0.189. The zero-order valence-electron chi connectivity index (χ0n) is 60.7. The molecule has 0 spiro atoms. The first-order valence-electron chi connectivity index (χ1n) is 39.4. The smallest absolute Gasteiger partial charge is 0.351 e. The van der Waals surface area contributed by atoms with E-state index in [1.165, 1.54) is 250 Å². The number of carbonyl (C=O) groups excluding carboxylic acids is 1. The molecule has 5 N–H and O–H groups in total. The average molecular weight is 1340 g/mol. The number of rotatable bonds is 64. The van der Waals surface area contributed by atoms with Crippen molar-refractivity contribution in [3.05, 3.63) is 76.3 Å². The van der Waals surface area contributed by atoms with Crippen molar-refractivity contribution in [3.8, 4) is 17.2 Å². The van der Waals surface area contributed by atoms with Crippen molar-refractivity contribution >= 4 is 23.7 Å². The molecule has 0 radical (unpaired) electrons. The largest absolute Gasteiger partial charge is 0.490 e. The normalized spacial score (nSPS) is 16.0. The molecular weight excluding hydrogens is 1210 g/mol. The third-order valence-electron chi connectivity index (χ3n) is 20.0. The Balaban J connectivity index is 1.52. The number of anilines is 1. The fourth-order valence-electron chi connectivity index (χ4n) is 14.0. The molecule has 546 valence electrons. The fraction of sp³-hybridized carbons (Fsp3) is 0.765. The van der Waals surface area contributed by atoms with E-state index in [9.17, 15) is 39.6 Å².